The number of carboxylic acid groups (broad SMARTS) is 1. The van der Waals surface area contributed by atoms with E-state index in [1.54, 1.807) is 0 Å². The Bertz CT molecular complexity index is 1130. The Balaban J connectivity index is 4.02. The number of unbranched alkanes of at least 4 members (excludes halogenated alkanes) is 27. The number of allylic oxidation sites excluding steroid dienone is 6. The summed E-state index contributed by atoms with van der Waals surface area (Å²) in [6, 6.07) is 0. The fourth-order valence-corrected chi connectivity index (χ4v) is 7.31. The maximum Gasteiger partial charge on any atom is 0.361 e. The lowest BCUT2D eigenvalue weighted by molar-refractivity contribution is -0.870. The Morgan fingerprint density at radius 2 is 0.857 bits per heavy atom. The Morgan fingerprint density at radius 1 is 0.476 bits per heavy atom. The van der Waals surface area contributed by atoms with Gasteiger partial charge in [0.05, 0.1) is 34.4 Å². The first-order valence-electron chi connectivity index (χ1n) is 26.2. The standard InChI is InChI=1S/C54H99NO8/c1-6-8-10-12-14-15-16-17-18-19-20-21-22-23-24-25-26-27-28-29-30-31-32-33-34-35-36-37-39-41-43-45-52(57)63-50(48-61-51(56)44-42-40-38-13-11-9-7-2)49-62-54(53(58)59)60-47-46-55(3,4)5/h16-17,19-20,22-23,50,54H,6-15,18,21,24-49H2,1-5H3/p+1/b17-16-,20-19-,23-22-. The van der Waals surface area contributed by atoms with Crippen molar-refractivity contribution in [3.8, 4) is 0 Å². The highest BCUT2D eigenvalue weighted by molar-refractivity contribution is 5.71. The molecule has 9 heteroatoms. The van der Waals surface area contributed by atoms with E-state index in [-0.39, 0.29) is 32.2 Å². The van der Waals surface area contributed by atoms with E-state index in [2.05, 4.69) is 50.3 Å². The number of quaternary nitrogens is 1. The molecule has 0 radical (unpaired) electrons. The maximum absolute atomic E-state index is 12.8. The minimum absolute atomic E-state index is 0.179. The number of esters is 2. The van der Waals surface area contributed by atoms with Gasteiger partial charge in [-0.05, 0) is 51.4 Å². The summed E-state index contributed by atoms with van der Waals surface area (Å²) in [7, 11) is 5.96. The van der Waals surface area contributed by atoms with Crippen molar-refractivity contribution >= 4 is 17.9 Å². The number of carboxylic acids is 1. The van der Waals surface area contributed by atoms with Gasteiger partial charge in [0.15, 0.2) is 6.10 Å². The van der Waals surface area contributed by atoms with Gasteiger partial charge in [-0.25, -0.2) is 4.79 Å². The molecule has 0 bridgehead atoms. The fraction of sp³-hybridized carbons (Fsp3) is 0.833. The van der Waals surface area contributed by atoms with Crippen LogP contribution < -0.4 is 0 Å². The molecule has 0 aromatic rings. The lowest BCUT2D eigenvalue weighted by Gasteiger charge is -2.25. The summed E-state index contributed by atoms with van der Waals surface area (Å²) in [6.07, 6.45) is 51.1. The second-order valence-corrected chi connectivity index (χ2v) is 18.8. The average molecular weight is 891 g/mol. The first kappa shape index (κ1) is 60.5. The summed E-state index contributed by atoms with van der Waals surface area (Å²) in [6.45, 7) is 4.82. The van der Waals surface area contributed by atoms with Gasteiger partial charge in [-0.2, -0.15) is 0 Å². The maximum atomic E-state index is 12.8. The molecular weight excluding hydrogens is 791 g/mol. The molecule has 0 aromatic heterocycles. The van der Waals surface area contributed by atoms with Crippen LogP contribution in [0.5, 0.6) is 0 Å². The molecule has 0 aliphatic heterocycles. The van der Waals surface area contributed by atoms with E-state index in [4.69, 9.17) is 18.9 Å². The molecule has 0 heterocycles. The molecule has 0 rings (SSSR count). The molecule has 0 saturated heterocycles. The minimum Gasteiger partial charge on any atom is -0.477 e. The summed E-state index contributed by atoms with van der Waals surface area (Å²) in [5.74, 6) is -2.01. The predicted octanol–water partition coefficient (Wildman–Crippen LogP) is 14.6. The number of rotatable bonds is 48. The van der Waals surface area contributed by atoms with Crippen LogP contribution in [0.2, 0.25) is 0 Å². The number of carbonyl (C=O) groups is 3. The molecular formula is C54H100NO8+. The molecule has 0 spiro atoms. The first-order chi connectivity index (χ1) is 30.6. The van der Waals surface area contributed by atoms with Gasteiger partial charge in [0, 0.05) is 12.8 Å². The van der Waals surface area contributed by atoms with Crippen LogP contribution in [-0.4, -0.2) is 87.4 Å². The number of likely N-dealkylation sites (N-methyl/N-ethyl adjacent to an activating group) is 1. The third kappa shape index (κ3) is 47.3. The monoisotopic (exact) mass is 891 g/mol. The fourth-order valence-electron chi connectivity index (χ4n) is 7.31. The van der Waals surface area contributed by atoms with Crippen molar-refractivity contribution in [3.05, 3.63) is 36.5 Å². The average Bonchev–Trinajstić information content (AvgIpc) is 3.24. The Hall–Kier alpha value is -2.49. The second-order valence-electron chi connectivity index (χ2n) is 18.8. The summed E-state index contributed by atoms with van der Waals surface area (Å²) >= 11 is 0. The lowest BCUT2D eigenvalue weighted by atomic mass is 10.0. The Kier molecular flexibility index (Phi) is 44.2. The van der Waals surface area contributed by atoms with Crippen LogP contribution in [0, 0.1) is 0 Å². The van der Waals surface area contributed by atoms with Gasteiger partial charge < -0.3 is 28.5 Å². The lowest BCUT2D eigenvalue weighted by Crippen LogP contribution is -2.40. The van der Waals surface area contributed by atoms with Gasteiger partial charge in [-0.1, -0.05) is 204 Å². The van der Waals surface area contributed by atoms with Gasteiger partial charge in [0.1, 0.15) is 13.2 Å². The van der Waals surface area contributed by atoms with Gasteiger partial charge in [-0.15, -0.1) is 0 Å². The van der Waals surface area contributed by atoms with Crippen LogP contribution >= 0.6 is 0 Å². The molecule has 368 valence electrons. The van der Waals surface area contributed by atoms with E-state index in [1.807, 2.05) is 21.1 Å². The summed E-state index contributed by atoms with van der Waals surface area (Å²) < 4.78 is 22.7. The quantitative estimate of drug-likeness (QED) is 0.0212. The third-order valence-corrected chi connectivity index (χ3v) is 11.4. The first-order valence-corrected chi connectivity index (χ1v) is 26.2. The summed E-state index contributed by atoms with van der Waals surface area (Å²) in [5, 5.41) is 9.62. The van der Waals surface area contributed by atoms with Crippen LogP contribution in [0.25, 0.3) is 0 Å². The number of ether oxygens (including phenoxy) is 4. The van der Waals surface area contributed by atoms with Crippen molar-refractivity contribution in [2.45, 2.75) is 245 Å². The van der Waals surface area contributed by atoms with E-state index >= 15 is 0 Å². The van der Waals surface area contributed by atoms with E-state index < -0.39 is 24.3 Å². The molecule has 2 atom stereocenters. The van der Waals surface area contributed by atoms with Crippen LogP contribution in [0.3, 0.4) is 0 Å². The third-order valence-electron chi connectivity index (χ3n) is 11.4. The van der Waals surface area contributed by atoms with Crippen LogP contribution in [-0.2, 0) is 33.3 Å². The van der Waals surface area contributed by atoms with Gasteiger partial charge in [0.25, 0.3) is 6.29 Å². The zero-order chi connectivity index (χ0) is 46.3. The van der Waals surface area contributed by atoms with Crippen molar-refractivity contribution in [3.63, 3.8) is 0 Å². The van der Waals surface area contributed by atoms with E-state index in [0.717, 1.165) is 51.4 Å². The molecule has 63 heavy (non-hydrogen) atoms. The SMILES string of the molecule is CCCCCCC/C=C\C/C=C\C/C=C\CCCCCCCCCCCCCCCCCCC(=O)OC(COC(=O)CCCCCCCCC)COC(OCC[N+](C)(C)C)C(=O)O. The Morgan fingerprint density at radius 3 is 1.27 bits per heavy atom. The highest BCUT2D eigenvalue weighted by atomic mass is 16.7. The molecule has 0 aliphatic rings. The van der Waals surface area contributed by atoms with Gasteiger partial charge in [0.2, 0.25) is 0 Å². The zero-order valence-corrected chi connectivity index (χ0v) is 41.7. The van der Waals surface area contributed by atoms with Crippen molar-refractivity contribution in [1.82, 2.24) is 0 Å². The summed E-state index contributed by atoms with van der Waals surface area (Å²) in [5.41, 5.74) is 0. The number of nitrogens with zero attached hydrogens (tertiary/aromatic N) is 1. The molecule has 1 N–H and O–H groups in total. The number of hydrogen-bond donors (Lipinski definition) is 1. The molecule has 2 unspecified atom stereocenters. The summed E-state index contributed by atoms with van der Waals surface area (Å²) in [4.78, 5) is 37.0. The van der Waals surface area contributed by atoms with E-state index in [0.29, 0.717) is 17.4 Å². The molecule has 0 aliphatic carbocycles. The number of aliphatic carboxylic acids is 1. The zero-order valence-electron chi connectivity index (χ0n) is 41.7. The molecule has 0 fully saturated rings. The van der Waals surface area contributed by atoms with Gasteiger partial charge >= 0.3 is 17.9 Å². The van der Waals surface area contributed by atoms with Crippen molar-refractivity contribution in [2.24, 2.45) is 0 Å². The molecule has 9 nitrogen and oxygen atoms in total. The van der Waals surface area contributed by atoms with Crippen molar-refractivity contribution in [2.75, 3.05) is 47.5 Å². The van der Waals surface area contributed by atoms with Crippen LogP contribution in [0.1, 0.15) is 232 Å². The highest BCUT2D eigenvalue weighted by Crippen LogP contribution is 2.16. The molecule has 0 saturated carbocycles. The largest absolute Gasteiger partial charge is 0.477 e. The minimum atomic E-state index is -1.50. The smallest absolute Gasteiger partial charge is 0.361 e. The highest BCUT2D eigenvalue weighted by Gasteiger charge is 2.25. The van der Waals surface area contributed by atoms with Crippen molar-refractivity contribution in [1.29, 1.82) is 0 Å². The van der Waals surface area contributed by atoms with Crippen molar-refractivity contribution < 1.29 is 42.9 Å². The second kappa shape index (κ2) is 46.1. The predicted molar refractivity (Wildman–Crippen MR) is 263 cm³/mol. The van der Waals surface area contributed by atoms with E-state index in [1.165, 1.54) is 154 Å². The molecule has 0 aromatic carbocycles. The topological polar surface area (TPSA) is 108 Å². The van der Waals surface area contributed by atoms with Crippen LogP contribution in [0.4, 0.5) is 0 Å². The van der Waals surface area contributed by atoms with E-state index in [9.17, 15) is 19.5 Å². The van der Waals surface area contributed by atoms with Crippen LogP contribution in [0.15, 0.2) is 36.5 Å². The normalized spacial score (nSPS) is 13.1. The Labute approximate surface area is 388 Å². The molecule has 0 amide bonds. The van der Waals surface area contributed by atoms with Gasteiger partial charge in [-0.3, -0.25) is 9.59 Å². The number of carbonyl (C=O) groups excluding carboxylic acids is 2. The number of hydrogen-bond acceptors (Lipinski definition) is 7.